The first-order valence-electron chi connectivity index (χ1n) is 6.01. The van der Waals surface area contributed by atoms with E-state index in [9.17, 15) is 22.4 Å². The molecule has 0 aliphatic carbocycles. The molecular formula is C13H7F4N3OS. The van der Waals surface area contributed by atoms with E-state index >= 15 is 0 Å². The van der Waals surface area contributed by atoms with Crippen molar-refractivity contribution in [2.75, 3.05) is 11.6 Å². The van der Waals surface area contributed by atoms with Gasteiger partial charge in [0.2, 0.25) is 0 Å². The van der Waals surface area contributed by atoms with Crippen LogP contribution in [-0.2, 0) is 0 Å². The topological polar surface area (TPSA) is 45.6 Å². The van der Waals surface area contributed by atoms with E-state index in [1.165, 1.54) is 11.0 Å². The van der Waals surface area contributed by atoms with Gasteiger partial charge in [-0.05, 0) is 29.7 Å². The summed E-state index contributed by atoms with van der Waals surface area (Å²) in [7, 11) is 0. The number of hydrogen-bond acceptors (Lipinski definition) is 5. The summed E-state index contributed by atoms with van der Waals surface area (Å²) in [6.07, 6.45) is -2.03. The number of allylic oxidation sites excluding steroid dienone is 1. The van der Waals surface area contributed by atoms with E-state index in [1.807, 2.05) is 0 Å². The van der Waals surface area contributed by atoms with Crippen LogP contribution in [0.5, 0.6) is 0 Å². The van der Waals surface area contributed by atoms with Gasteiger partial charge in [0.25, 0.3) is 0 Å². The van der Waals surface area contributed by atoms with Gasteiger partial charge in [-0.15, -0.1) is 0 Å². The predicted octanol–water partition coefficient (Wildman–Crippen LogP) is 3.54. The third kappa shape index (κ3) is 2.47. The Bertz CT molecular complexity index is 809. The number of rotatable bonds is 2. The molecule has 9 heteroatoms. The summed E-state index contributed by atoms with van der Waals surface area (Å²) in [5.41, 5.74) is -0.628. The zero-order chi connectivity index (χ0) is 15.9. The maximum Gasteiger partial charge on any atom is 0.433 e. The summed E-state index contributed by atoms with van der Waals surface area (Å²) in [6.45, 7) is -0.321. The predicted molar refractivity (Wildman–Crippen MR) is 74.9 cm³/mol. The number of carbonyl (C=O) groups is 1. The van der Waals surface area contributed by atoms with Crippen LogP contribution in [0.25, 0.3) is 10.1 Å². The molecule has 2 heterocycles. The SMILES string of the molecule is O=Cc1nsc2cc(F)cc(N3C=CC(C(F)(F)F)=NC3)c12. The minimum atomic E-state index is -4.53. The standard InChI is InChI=1S/C13H7F4N3OS/c14-7-3-9(12-8(5-21)19-22-10(12)4-7)20-2-1-11(18-6-20)13(15,16)17/h1-5H,6H2. The van der Waals surface area contributed by atoms with Gasteiger partial charge in [-0.3, -0.25) is 9.79 Å². The normalized spacial score (nSPS) is 15.3. The number of nitrogens with zero attached hydrogens (tertiary/aromatic N) is 3. The molecule has 0 radical (unpaired) electrons. The van der Waals surface area contributed by atoms with Crippen molar-refractivity contribution >= 4 is 39.3 Å². The molecule has 0 fully saturated rings. The molecule has 0 saturated heterocycles. The molecule has 2 aromatic rings. The summed E-state index contributed by atoms with van der Waals surface area (Å²) >= 11 is 0.948. The second-order valence-corrected chi connectivity index (χ2v) is 5.26. The Kier molecular flexibility index (Phi) is 3.44. The molecule has 3 rings (SSSR count). The van der Waals surface area contributed by atoms with Gasteiger partial charge in [-0.25, -0.2) is 4.39 Å². The highest BCUT2D eigenvalue weighted by atomic mass is 32.1. The largest absolute Gasteiger partial charge is 0.433 e. The highest BCUT2D eigenvalue weighted by Crippen LogP contribution is 2.34. The Morgan fingerprint density at radius 1 is 1.32 bits per heavy atom. The van der Waals surface area contributed by atoms with Crippen molar-refractivity contribution in [2.24, 2.45) is 4.99 Å². The molecule has 0 N–H and O–H groups in total. The van der Waals surface area contributed by atoms with Crippen molar-refractivity contribution in [3.63, 3.8) is 0 Å². The lowest BCUT2D eigenvalue weighted by atomic mass is 10.1. The van der Waals surface area contributed by atoms with Crippen LogP contribution in [0.3, 0.4) is 0 Å². The number of hydrogen-bond donors (Lipinski definition) is 0. The van der Waals surface area contributed by atoms with Gasteiger partial charge >= 0.3 is 6.18 Å². The van der Waals surface area contributed by atoms with Crippen molar-refractivity contribution in [3.05, 3.63) is 35.9 Å². The van der Waals surface area contributed by atoms with Gasteiger partial charge < -0.3 is 4.90 Å². The van der Waals surface area contributed by atoms with E-state index in [-0.39, 0.29) is 18.1 Å². The molecule has 1 aromatic heterocycles. The molecule has 1 aromatic carbocycles. The van der Waals surface area contributed by atoms with Gasteiger partial charge in [0.05, 0.1) is 10.4 Å². The lowest BCUT2D eigenvalue weighted by Gasteiger charge is -2.23. The Hall–Kier alpha value is -2.29. The van der Waals surface area contributed by atoms with Crippen LogP contribution in [0.1, 0.15) is 10.5 Å². The molecule has 22 heavy (non-hydrogen) atoms. The molecule has 1 aliphatic rings. The third-order valence-corrected chi connectivity index (χ3v) is 3.87. The van der Waals surface area contributed by atoms with Crippen LogP contribution < -0.4 is 4.90 Å². The lowest BCUT2D eigenvalue weighted by molar-refractivity contribution is -0.0579. The number of alkyl halides is 3. The van der Waals surface area contributed by atoms with Crippen LogP contribution in [0.4, 0.5) is 23.2 Å². The van der Waals surface area contributed by atoms with Crippen molar-refractivity contribution < 1.29 is 22.4 Å². The Morgan fingerprint density at radius 3 is 2.68 bits per heavy atom. The van der Waals surface area contributed by atoms with Gasteiger partial charge in [0.1, 0.15) is 23.9 Å². The van der Waals surface area contributed by atoms with E-state index in [0.717, 1.165) is 29.9 Å². The monoisotopic (exact) mass is 329 g/mol. The number of aldehydes is 1. The van der Waals surface area contributed by atoms with E-state index in [1.54, 1.807) is 0 Å². The number of aromatic nitrogens is 1. The second-order valence-electron chi connectivity index (χ2n) is 4.45. The number of fused-ring (bicyclic) bond motifs is 1. The Labute approximate surface area is 125 Å². The van der Waals surface area contributed by atoms with Crippen molar-refractivity contribution in [2.45, 2.75) is 6.18 Å². The molecule has 0 spiro atoms. The maximum atomic E-state index is 13.7. The minimum absolute atomic E-state index is 0.119. The van der Waals surface area contributed by atoms with Crippen LogP contribution in [0, 0.1) is 5.82 Å². The molecule has 0 unspecified atom stereocenters. The zero-order valence-corrected chi connectivity index (χ0v) is 11.6. The summed E-state index contributed by atoms with van der Waals surface area (Å²) < 4.78 is 55.6. The number of aliphatic imine (C=N–C) groups is 1. The summed E-state index contributed by atoms with van der Waals surface area (Å²) in [5.74, 6) is -0.567. The number of benzene rings is 1. The van der Waals surface area contributed by atoms with Crippen molar-refractivity contribution in [3.8, 4) is 0 Å². The van der Waals surface area contributed by atoms with E-state index in [2.05, 4.69) is 9.37 Å². The number of halogens is 4. The first kappa shape index (κ1) is 14.6. The highest BCUT2D eigenvalue weighted by molar-refractivity contribution is 7.13. The average Bonchev–Trinajstić information content (AvgIpc) is 2.88. The maximum absolute atomic E-state index is 13.7. The second kappa shape index (κ2) is 5.16. The van der Waals surface area contributed by atoms with Crippen LogP contribution in [0.2, 0.25) is 0 Å². The zero-order valence-electron chi connectivity index (χ0n) is 10.8. The molecular weight excluding hydrogens is 322 g/mol. The molecule has 1 aliphatic heterocycles. The highest BCUT2D eigenvalue weighted by Gasteiger charge is 2.35. The van der Waals surface area contributed by atoms with Crippen LogP contribution in [-0.4, -0.2) is 29.2 Å². The smallest absolute Gasteiger partial charge is 0.327 e. The Morgan fingerprint density at radius 2 is 2.09 bits per heavy atom. The average molecular weight is 329 g/mol. The lowest BCUT2D eigenvalue weighted by Crippen LogP contribution is -2.29. The summed E-state index contributed by atoms with van der Waals surface area (Å²) in [6, 6.07) is 2.36. The minimum Gasteiger partial charge on any atom is -0.327 e. The van der Waals surface area contributed by atoms with E-state index < -0.39 is 17.7 Å². The fourth-order valence-corrected chi connectivity index (χ4v) is 2.90. The number of anilines is 1. The van der Waals surface area contributed by atoms with Crippen LogP contribution >= 0.6 is 11.5 Å². The summed E-state index contributed by atoms with van der Waals surface area (Å²) in [5, 5.41) is 0.400. The first-order chi connectivity index (χ1) is 10.4. The first-order valence-corrected chi connectivity index (χ1v) is 6.78. The van der Waals surface area contributed by atoms with E-state index in [4.69, 9.17) is 0 Å². The van der Waals surface area contributed by atoms with Gasteiger partial charge in [-0.2, -0.15) is 17.5 Å². The quantitative estimate of drug-likeness (QED) is 0.625. The number of carbonyl (C=O) groups excluding carboxylic acids is 1. The molecule has 0 bridgehead atoms. The fourth-order valence-electron chi connectivity index (χ4n) is 2.10. The van der Waals surface area contributed by atoms with Gasteiger partial charge in [-0.1, -0.05) is 0 Å². The van der Waals surface area contributed by atoms with E-state index in [0.29, 0.717) is 16.4 Å². The molecule has 0 saturated carbocycles. The van der Waals surface area contributed by atoms with Crippen LogP contribution in [0.15, 0.2) is 29.4 Å². The molecule has 114 valence electrons. The summed E-state index contributed by atoms with van der Waals surface area (Å²) in [4.78, 5) is 15.8. The van der Waals surface area contributed by atoms with Crippen molar-refractivity contribution in [1.29, 1.82) is 0 Å². The fraction of sp³-hybridized carbons (Fsp3) is 0.154. The Balaban J connectivity index is 2.05. The third-order valence-electron chi connectivity index (χ3n) is 3.06. The molecule has 0 atom stereocenters. The molecule has 4 nitrogen and oxygen atoms in total. The molecule has 0 amide bonds. The van der Waals surface area contributed by atoms with Gasteiger partial charge in [0, 0.05) is 11.6 Å². The van der Waals surface area contributed by atoms with Crippen molar-refractivity contribution in [1.82, 2.24) is 4.37 Å². The van der Waals surface area contributed by atoms with Gasteiger partial charge in [0.15, 0.2) is 6.29 Å².